The lowest BCUT2D eigenvalue weighted by atomic mass is 9.97. The number of carbonyl (C=O) groups excluding carboxylic acids is 3. The number of hydrogen-bond donors (Lipinski definition) is 4. The Labute approximate surface area is 260 Å². The van der Waals surface area contributed by atoms with Crippen LogP contribution in [0.4, 0.5) is 4.79 Å². The highest BCUT2D eigenvalue weighted by molar-refractivity contribution is 8.00. The van der Waals surface area contributed by atoms with Gasteiger partial charge in [-0.05, 0) is 49.1 Å². The van der Waals surface area contributed by atoms with Gasteiger partial charge >= 0.3 is 6.03 Å². The van der Waals surface area contributed by atoms with Crippen molar-refractivity contribution in [2.45, 2.75) is 56.3 Å². The predicted molar refractivity (Wildman–Crippen MR) is 167 cm³/mol. The van der Waals surface area contributed by atoms with Crippen molar-refractivity contribution in [1.29, 1.82) is 0 Å². The molecule has 1 fully saturated rings. The number of benzene rings is 3. The van der Waals surface area contributed by atoms with E-state index in [0.29, 0.717) is 10.0 Å². The number of aliphatic hydroxyl groups is 1. The van der Waals surface area contributed by atoms with Crippen molar-refractivity contribution in [1.82, 2.24) is 20.9 Å². The van der Waals surface area contributed by atoms with Crippen LogP contribution in [-0.2, 0) is 29.1 Å². The molecule has 4 amide bonds. The van der Waals surface area contributed by atoms with Crippen molar-refractivity contribution < 1.29 is 19.5 Å². The third kappa shape index (κ3) is 7.98. The van der Waals surface area contributed by atoms with Crippen LogP contribution < -0.4 is 16.0 Å². The van der Waals surface area contributed by atoms with Gasteiger partial charge in [-0.3, -0.25) is 9.59 Å². The summed E-state index contributed by atoms with van der Waals surface area (Å²) in [4.78, 5) is 41.5. The van der Waals surface area contributed by atoms with E-state index in [0.717, 1.165) is 16.7 Å². The molecule has 0 spiro atoms. The highest BCUT2D eigenvalue weighted by atomic mass is 35.5. The Morgan fingerprint density at radius 2 is 1.45 bits per heavy atom. The molecule has 11 heteroatoms. The number of rotatable bonds is 10. The van der Waals surface area contributed by atoms with Gasteiger partial charge in [0.25, 0.3) is 5.91 Å². The SMILES string of the molecule is CC1(C)SCN(C(=O)[C@@H](O)[C@H](Cc2ccccc2)NC(=O)NCc2ccccc2Cl)[C@@H]1C(=O)NCc1ccccc1Cl. The lowest BCUT2D eigenvalue weighted by Gasteiger charge is -2.33. The normalized spacial score (nSPS) is 17.3. The Hall–Kier alpha value is -3.24. The molecule has 1 aliphatic heterocycles. The number of nitrogens with zero attached hydrogens (tertiary/aromatic N) is 1. The van der Waals surface area contributed by atoms with E-state index in [9.17, 15) is 19.5 Å². The summed E-state index contributed by atoms with van der Waals surface area (Å²) in [5.41, 5.74) is 2.31. The summed E-state index contributed by atoms with van der Waals surface area (Å²) >= 11 is 13.9. The predicted octanol–water partition coefficient (Wildman–Crippen LogP) is 4.76. The average Bonchev–Trinajstić information content (AvgIpc) is 3.30. The molecule has 8 nitrogen and oxygen atoms in total. The Balaban J connectivity index is 1.48. The molecule has 0 unspecified atom stereocenters. The molecule has 222 valence electrons. The number of amides is 4. The fourth-order valence-corrected chi connectivity index (χ4v) is 6.37. The van der Waals surface area contributed by atoms with E-state index in [1.54, 1.807) is 24.3 Å². The fourth-order valence-electron chi connectivity index (χ4n) is 4.82. The van der Waals surface area contributed by atoms with Crippen LogP contribution in [0.5, 0.6) is 0 Å². The van der Waals surface area contributed by atoms with Gasteiger partial charge in [0, 0.05) is 27.9 Å². The third-order valence-electron chi connectivity index (χ3n) is 7.13. The maximum absolute atomic E-state index is 13.8. The molecule has 0 aromatic heterocycles. The summed E-state index contributed by atoms with van der Waals surface area (Å²) in [6.07, 6.45) is -1.41. The molecule has 3 aromatic carbocycles. The Bertz CT molecular complexity index is 1410. The number of urea groups is 1. The van der Waals surface area contributed by atoms with Crippen LogP contribution in [0.2, 0.25) is 10.0 Å². The minimum absolute atomic E-state index is 0.165. The molecular weight excluding hydrogens is 595 g/mol. The smallest absolute Gasteiger partial charge is 0.315 e. The van der Waals surface area contributed by atoms with Gasteiger partial charge in [0.2, 0.25) is 5.91 Å². The summed E-state index contributed by atoms with van der Waals surface area (Å²) in [7, 11) is 0. The van der Waals surface area contributed by atoms with Gasteiger partial charge in [-0.25, -0.2) is 4.79 Å². The van der Waals surface area contributed by atoms with Crippen molar-refractivity contribution >= 4 is 52.8 Å². The topological polar surface area (TPSA) is 111 Å². The quantitative estimate of drug-likeness (QED) is 0.259. The molecule has 0 bridgehead atoms. The second-order valence-electron chi connectivity index (χ2n) is 10.6. The summed E-state index contributed by atoms with van der Waals surface area (Å²) in [5, 5.41) is 20.8. The lowest BCUT2D eigenvalue weighted by Crippen LogP contribution is -2.59. The molecule has 1 saturated heterocycles. The molecular formula is C31H34Cl2N4O4S. The lowest BCUT2D eigenvalue weighted by molar-refractivity contribution is -0.147. The van der Waals surface area contributed by atoms with E-state index in [2.05, 4.69) is 16.0 Å². The Kier molecular flexibility index (Phi) is 10.8. The van der Waals surface area contributed by atoms with Crippen LogP contribution in [0.15, 0.2) is 78.9 Å². The summed E-state index contributed by atoms with van der Waals surface area (Å²) in [5.74, 6) is -0.780. The number of hydrogen-bond acceptors (Lipinski definition) is 5. The Morgan fingerprint density at radius 3 is 2.05 bits per heavy atom. The van der Waals surface area contributed by atoms with Crippen LogP contribution in [0.3, 0.4) is 0 Å². The van der Waals surface area contributed by atoms with E-state index in [1.807, 2.05) is 68.4 Å². The molecule has 0 saturated carbocycles. The maximum Gasteiger partial charge on any atom is 0.315 e. The van der Waals surface area contributed by atoms with Gasteiger partial charge in [0.05, 0.1) is 11.9 Å². The largest absolute Gasteiger partial charge is 0.381 e. The first-order valence-corrected chi connectivity index (χ1v) is 15.3. The molecule has 4 N–H and O–H groups in total. The van der Waals surface area contributed by atoms with E-state index < -0.39 is 34.9 Å². The zero-order valence-corrected chi connectivity index (χ0v) is 25.7. The molecule has 42 heavy (non-hydrogen) atoms. The highest BCUT2D eigenvalue weighted by Crippen LogP contribution is 2.40. The maximum atomic E-state index is 13.8. The van der Waals surface area contributed by atoms with Crippen molar-refractivity contribution in [3.05, 3.63) is 106 Å². The molecule has 3 aromatic rings. The third-order valence-corrected chi connectivity index (χ3v) is 9.25. The first-order chi connectivity index (χ1) is 20.1. The second kappa shape index (κ2) is 14.3. The van der Waals surface area contributed by atoms with Gasteiger partial charge in [-0.1, -0.05) is 89.9 Å². The standard InChI is InChI=1S/C31H34Cl2N4O4S/c1-31(2)27(28(39)34-17-21-12-6-8-14-23(21)32)37(19-42-31)29(40)26(38)25(16-20-10-4-3-5-11-20)36-30(41)35-18-22-13-7-9-15-24(22)33/h3-15,25-27,38H,16-19H2,1-2H3,(H,34,39)(H2,35,36,41)/t25-,26-,27+/m0/s1. The molecule has 0 radical (unpaired) electrons. The minimum Gasteiger partial charge on any atom is -0.381 e. The Morgan fingerprint density at radius 1 is 0.905 bits per heavy atom. The molecule has 1 heterocycles. The molecule has 3 atom stereocenters. The van der Waals surface area contributed by atoms with E-state index >= 15 is 0 Å². The summed E-state index contributed by atoms with van der Waals surface area (Å²) < 4.78 is -0.616. The average molecular weight is 630 g/mol. The van der Waals surface area contributed by atoms with Gasteiger partial charge in [0.1, 0.15) is 6.04 Å². The highest BCUT2D eigenvalue weighted by Gasteiger charge is 2.49. The van der Waals surface area contributed by atoms with Crippen LogP contribution in [-0.4, -0.2) is 56.7 Å². The molecule has 0 aliphatic carbocycles. The first-order valence-electron chi connectivity index (χ1n) is 13.5. The van der Waals surface area contributed by atoms with Crippen LogP contribution in [0, 0.1) is 0 Å². The fraction of sp³-hybridized carbons (Fsp3) is 0.323. The minimum atomic E-state index is -1.61. The van der Waals surface area contributed by atoms with E-state index in [1.165, 1.54) is 16.7 Å². The zero-order chi connectivity index (χ0) is 30.3. The number of aliphatic hydroxyl groups excluding tert-OH is 1. The zero-order valence-electron chi connectivity index (χ0n) is 23.3. The monoisotopic (exact) mass is 628 g/mol. The molecule has 1 aliphatic rings. The van der Waals surface area contributed by atoms with Gasteiger partial charge in [0.15, 0.2) is 6.10 Å². The number of nitrogens with one attached hydrogen (secondary N) is 3. The summed E-state index contributed by atoms with van der Waals surface area (Å²) in [6.45, 7) is 4.14. The number of halogens is 2. The van der Waals surface area contributed by atoms with E-state index in [4.69, 9.17) is 23.2 Å². The van der Waals surface area contributed by atoms with Crippen molar-refractivity contribution in [3.63, 3.8) is 0 Å². The van der Waals surface area contributed by atoms with Crippen molar-refractivity contribution in [2.24, 2.45) is 0 Å². The van der Waals surface area contributed by atoms with Crippen LogP contribution in [0.1, 0.15) is 30.5 Å². The first kappa shape index (κ1) is 31.7. The number of thioether (sulfide) groups is 1. The van der Waals surface area contributed by atoms with Crippen LogP contribution >= 0.6 is 35.0 Å². The van der Waals surface area contributed by atoms with E-state index in [-0.39, 0.29) is 31.3 Å². The van der Waals surface area contributed by atoms with Crippen molar-refractivity contribution in [2.75, 3.05) is 5.88 Å². The van der Waals surface area contributed by atoms with Crippen LogP contribution in [0.25, 0.3) is 0 Å². The second-order valence-corrected chi connectivity index (χ2v) is 13.0. The number of carbonyl (C=O) groups is 3. The van der Waals surface area contributed by atoms with Gasteiger partial charge in [-0.2, -0.15) is 0 Å². The molecule has 4 rings (SSSR count). The van der Waals surface area contributed by atoms with Crippen molar-refractivity contribution in [3.8, 4) is 0 Å². The van der Waals surface area contributed by atoms with Gasteiger partial charge < -0.3 is 26.0 Å². The van der Waals surface area contributed by atoms with Gasteiger partial charge in [-0.15, -0.1) is 11.8 Å². The summed E-state index contributed by atoms with van der Waals surface area (Å²) in [6, 6.07) is 21.2.